The number of phenolic OH excluding ortho intramolecular Hbond substituents is 3. The fourth-order valence-electron chi connectivity index (χ4n) is 2.35. The summed E-state index contributed by atoms with van der Waals surface area (Å²) in [6.07, 6.45) is 1.24. The third-order valence-corrected chi connectivity index (χ3v) is 3.52. The first-order valence-corrected chi connectivity index (χ1v) is 7.04. The van der Waals surface area contributed by atoms with Crippen LogP contribution in [-0.2, 0) is 0 Å². The van der Waals surface area contributed by atoms with E-state index in [1.165, 1.54) is 24.4 Å². The van der Waals surface area contributed by atoms with Gasteiger partial charge in [-0.2, -0.15) is 5.10 Å². The van der Waals surface area contributed by atoms with Crippen molar-refractivity contribution in [1.82, 2.24) is 5.43 Å². The molecular weight excluding hydrogens is 312 g/mol. The lowest BCUT2D eigenvalue weighted by atomic mass is 10.1. The van der Waals surface area contributed by atoms with Gasteiger partial charge < -0.3 is 19.7 Å². The molecular formula is C17H14N2O5. The van der Waals surface area contributed by atoms with E-state index < -0.39 is 5.91 Å². The molecule has 0 fully saturated rings. The number of furan rings is 1. The fourth-order valence-corrected chi connectivity index (χ4v) is 2.35. The van der Waals surface area contributed by atoms with Crippen molar-refractivity contribution in [3.8, 4) is 17.2 Å². The molecule has 0 atom stereocenters. The van der Waals surface area contributed by atoms with Crippen LogP contribution < -0.4 is 5.43 Å². The summed E-state index contributed by atoms with van der Waals surface area (Å²) in [6, 6.07) is 8.78. The second kappa shape index (κ2) is 5.96. The van der Waals surface area contributed by atoms with Crippen LogP contribution in [0, 0.1) is 6.92 Å². The predicted molar refractivity (Wildman–Crippen MR) is 87.4 cm³/mol. The zero-order valence-corrected chi connectivity index (χ0v) is 12.6. The summed E-state index contributed by atoms with van der Waals surface area (Å²) in [5.74, 6) is -0.759. The molecule has 0 aliphatic rings. The summed E-state index contributed by atoms with van der Waals surface area (Å²) >= 11 is 0. The van der Waals surface area contributed by atoms with Gasteiger partial charge in [0.2, 0.25) is 0 Å². The highest BCUT2D eigenvalue weighted by molar-refractivity contribution is 6.01. The summed E-state index contributed by atoms with van der Waals surface area (Å²) in [7, 11) is 0. The van der Waals surface area contributed by atoms with E-state index in [2.05, 4.69) is 10.5 Å². The van der Waals surface area contributed by atoms with Crippen LogP contribution in [0.2, 0.25) is 0 Å². The van der Waals surface area contributed by atoms with Gasteiger partial charge in [-0.1, -0.05) is 6.07 Å². The van der Waals surface area contributed by atoms with Gasteiger partial charge in [-0.05, 0) is 31.2 Å². The monoisotopic (exact) mass is 326 g/mol. The highest BCUT2D eigenvalue weighted by atomic mass is 16.3. The number of benzene rings is 2. The molecule has 1 heterocycles. The molecule has 0 saturated heterocycles. The second-order valence-electron chi connectivity index (χ2n) is 5.15. The summed E-state index contributed by atoms with van der Waals surface area (Å²) in [5, 5.41) is 32.9. The van der Waals surface area contributed by atoms with Gasteiger partial charge >= 0.3 is 5.91 Å². The maximum atomic E-state index is 12.2. The van der Waals surface area contributed by atoms with Gasteiger partial charge in [0.1, 0.15) is 22.8 Å². The first kappa shape index (κ1) is 15.4. The maximum absolute atomic E-state index is 12.2. The third kappa shape index (κ3) is 2.74. The minimum Gasteiger partial charge on any atom is -0.508 e. The molecule has 1 aromatic heterocycles. The van der Waals surface area contributed by atoms with E-state index in [-0.39, 0.29) is 23.0 Å². The van der Waals surface area contributed by atoms with E-state index in [4.69, 9.17) is 4.42 Å². The Hall–Kier alpha value is -3.48. The van der Waals surface area contributed by atoms with Crippen LogP contribution in [0.1, 0.15) is 21.7 Å². The molecule has 0 radical (unpaired) electrons. The predicted octanol–water partition coefficient (Wildman–Crippen LogP) is 2.62. The Labute approximate surface area is 136 Å². The number of aromatic hydroxyl groups is 3. The zero-order valence-electron chi connectivity index (χ0n) is 12.6. The second-order valence-corrected chi connectivity index (χ2v) is 5.15. The maximum Gasteiger partial charge on any atom is 0.307 e. The Morgan fingerprint density at radius 3 is 2.67 bits per heavy atom. The van der Waals surface area contributed by atoms with Gasteiger partial charge in [-0.25, -0.2) is 5.43 Å². The lowest BCUT2D eigenvalue weighted by molar-refractivity contribution is 0.0928. The Bertz CT molecular complexity index is 959. The highest BCUT2D eigenvalue weighted by Gasteiger charge is 2.19. The largest absolute Gasteiger partial charge is 0.508 e. The number of nitrogens with one attached hydrogen (secondary N) is 1. The Morgan fingerprint density at radius 1 is 1.17 bits per heavy atom. The topological polar surface area (TPSA) is 115 Å². The van der Waals surface area contributed by atoms with Gasteiger partial charge in [0.05, 0.1) is 11.6 Å². The van der Waals surface area contributed by atoms with Crippen LogP contribution in [0.3, 0.4) is 0 Å². The molecule has 0 aliphatic carbocycles. The van der Waals surface area contributed by atoms with Crippen molar-refractivity contribution in [3.63, 3.8) is 0 Å². The number of hydrazone groups is 1. The molecule has 0 saturated carbocycles. The smallest absolute Gasteiger partial charge is 0.307 e. The molecule has 4 N–H and O–H groups in total. The Morgan fingerprint density at radius 2 is 1.96 bits per heavy atom. The van der Waals surface area contributed by atoms with Crippen molar-refractivity contribution in [2.75, 3.05) is 0 Å². The highest BCUT2D eigenvalue weighted by Crippen LogP contribution is 2.32. The summed E-state index contributed by atoms with van der Waals surface area (Å²) in [6.45, 7) is 1.66. The molecule has 0 spiro atoms. The summed E-state index contributed by atoms with van der Waals surface area (Å²) in [5.41, 5.74) is 3.52. The van der Waals surface area contributed by atoms with Crippen LogP contribution in [0.25, 0.3) is 11.0 Å². The van der Waals surface area contributed by atoms with E-state index >= 15 is 0 Å². The van der Waals surface area contributed by atoms with Crippen LogP contribution in [0.15, 0.2) is 45.9 Å². The first-order valence-electron chi connectivity index (χ1n) is 7.04. The average molecular weight is 326 g/mol. The van der Waals surface area contributed by atoms with E-state index in [1.807, 2.05) is 0 Å². The van der Waals surface area contributed by atoms with Gasteiger partial charge in [0.15, 0.2) is 5.76 Å². The number of carbonyl (C=O) groups is 1. The summed E-state index contributed by atoms with van der Waals surface area (Å²) in [4.78, 5) is 12.2. The molecule has 1 amide bonds. The summed E-state index contributed by atoms with van der Waals surface area (Å²) < 4.78 is 5.46. The third-order valence-electron chi connectivity index (χ3n) is 3.52. The minimum absolute atomic E-state index is 0.0327. The molecule has 3 rings (SSSR count). The molecule has 0 unspecified atom stereocenters. The van der Waals surface area contributed by atoms with E-state index in [0.29, 0.717) is 22.1 Å². The molecule has 0 bridgehead atoms. The zero-order chi connectivity index (χ0) is 17.3. The lowest BCUT2D eigenvalue weighted by Gasteiger charge is -2.00. The number of nitrogens with zero attached hydrogens (tertiary/aromatic N) is 1. The number of rotatable bonds is 3. The number of fused-ring (bicyclic) bond motifs is 1. The van der Waals surface area contributed by atoms with Gasteiger partial charge in [-0.15, -0.1) is 0 Å². The van der Waals surface area contributed by atoms with Gasteiger partial charge in [0.25, 0.3) is 0 Å². The number of amides is 1. The van der Waals surface area contributed by atoms with Crippen molar-refractivity contribution in [3.05, 3.63) is 53.3 Å². The molecule has 0 aliphatic heterocycles. The Balaban J connectivity index is 1.82. The van der Waals surface area contributed by atoms with Crippen LogP contribution >= 0.6 is 0 Å². The number of carbonyl (C=O) groups excluding carboxylic acids is 1. The molecule has 3 aromatic rings. The van der Waals surface area contributed by atoms with Crippen LogP contribution in [-0.4, -0.2) is 27.4 Å². The first-order chi connectivity index (χ1) is 11.5. The van der Waals surface area contributed by atoms with Gasteiger partial charge in [0, 0.05) is 17.2 Å². The number of aryl methyl sites for hydroxylation is 1. The SMILES string of the molecule is Cc1c(C(=O)N/N=C\c2ccc(O)cc2O)oc2cccc(O)c12. The molecule has 2 aromatic carbocycles. The van der Waals surface area contributed by atoms with Crippen molar-refractivity contribution in [2.45, 2.75) is 6.92 Å². The fraction of sp³-hybridized carbons (Fsp3) is 0.0588. The molecule has 7 nitrogen and oxygen atoms in total. The number of hydrogen-bond donors (Lipinski definition) is 4. The molecule has 24 heavy (non-hydrogen) atoms. The number of phenols is 3. The van der Waals surface area contributed by atoms with Crippen molar-refractivity contribution < 1.29 is 24.5 Å². The van der Waals surface area contributed by atoms with Crippen molar-refractivity contribution in [2.24, 2.45) is 5.10 Å². The average Bonchev–Trinajstić information content (AvgIpc) is 2.88. The van der Waals surface area contributed by atoms with E-state index in [1.54, 1.807) is 19.1 Å². The van der Waals surface area contributed by atoms with E-state index in [9.17, 15) is 20.1 Å². The van der Waals surface area contributed by atoms with Crippen molar-refractivity contribution in [1.29, 1.82) is 0 Å². The number of hydrogen-bond acceptors (Lipinski definition) is 6. The van der Waals surface area contributed by atoms with E-state index in [0.717, 1.165) is 6.07 Å². The normalized spacial score (nSPS) is 11.2. The lowest BCUT2D eigenvalue weighted by Crippen LogP contribution is -2.17. The minimum atomic E-state index is -0.586. The van der Waals surface area contributed by atoms with Crippen LogP contribution in [0.5, 0.6) is 17.2 Å². The van der Waals surface area contributed by atoms with Crippen molar-refractivity contribution >= 4 is 23.1 Å². The van der Waals surface area contributed by atoms with Crippen LogP contribution in [0.4, 0.5) is 0 Å². The molecule has 7 heteroatoms. The van der Waals surface area contributed by atoms with Gasteiger partial charge in [-0.3, -0.25) is 4.79 Å². The Kier molecular flexibility index (Phi) is 3.83. The standard InChI is InChI=1S/C17H14N2O5/c1-9-15-12(21)3-2-4-14(15)24-16(9)17(23)19-18-8-10-5-6-11(20)7-13(10)22/h2-8,20-22H,1H3,(H,19,23)/b18-8-. The molecule has 122 valence electrons. The quantitative estimate of drug-likeness (QED) is 0.436.